The molecule has 0 unspecified atom stereocenters. The van der Waals surface area contributed by atoms with Gasteiger partial charge < -0.3 is 0 Å². The first-order valence-corrected chi connectivity index (χ1v) is 5.62. The highest BCUT2D eigenvalue weighted by molar-refractivity contribution is 4.81. The van der Waals surface area contributed by atoms with Gasteiger partial charge in [0.1, 0.15) is 0 Å². The van der Waals surface area contributed by atoms with Crippen LogP contribution in [0, 0.1) is 29.1 Å². The minimum absolute atomic E-state index is 0.749. The lowest BCUT2D eigenvalue weighted by atomic mass is 9.79. The van der Waals surface area contributed by atoms with Crippen LogP contribution in [0.15, 0.2) is 0 Å². The van der Waals surface area contributed by atoms with Gasteiger partial charge in [0.25, 0.3) is 0 Å². The lowest BCUT2D eigenvalue weighted by Gasteiger charge is -2.26. The predicted octanol–water partition coefficient (Wildman–Crippen LogP) is 3.75. The molecule has 1 nitrogen and oxygen atoms in total. The van der Waals surface area contributed by atoms with Gasteiger partial charge in [0.2, 0.25) is 0 Å². The lowest BCUT2D eigenvalue weighted by Crippen LogP contribution is -2.17. The van der Waals surface area contributed by atoms with Crippen molar-refractivity contribution in [2.45, 2.75) is 52.4 Å². The molecule has 0 aliphatic heterocycles. The third-order valence-electron chi connectivity index (χ3n) is 3.45. The highest BCUT2D eigenvalue weighted by atomic mass is 14.3. The predicted molar refractivity (Wildman–Crippen MR) is 55.1 cm³/mol. The molecule has 0 aromatic rings. The van der Waals surface area contributed by atoms with Gasteiger partial charge in [-0.2, -0.15) is 5.26 Å². The van der Waals surface area contributed by atoms with Crippen molar-refractivity contribution in [3.05, 3.63) is 0 Å². The first kappa shape index (κ1) is 10.6. The Morgan fingerprint density at radius 1 is 1.31 bits per heavy atom. The van der Waals surface area contributed by atoms with Crippen molar-refractivity contribution in [2.24, 2.45) is 17.8 Å². The maximum atomic E-state index is 8.59. The fraction of sp³-hybridized carbons (Fsp3) is 0.917. The topological polar surface area (TPSA) is 23.8 Å². The number of hydrogen-bond donors (Lipinski definition) is 0. The van der Waals surface area contributed by atoms with Gasteiger partial charge >= 0.3 is 0 Å². The molecule has 74 valence electrons. The minimum Gasteiger partial charge on any atom is -0.198 e. The first-order chi connectivity index (χ1) is 6.25. The second kappa shape index (κ2) is 5.27. The number of rotatable bonds is 4. The highest BCUT2D eigenvalue weighted by Gasteiger charge is 2.26. The van der Waals surface area contributed by atoms with Crippen molar-refractivity contribution in [3.8, 4) is 6.07 Å². The van der Waals surface area contributed by atoms with Crippen LogP contribution < -0.4 is 0 Å². The van der Waals surface area contributed by atoms with Crippen molar-refractivity contribution in [1.82, 2.24) is 0 Å². The average Bonchev–Trinajstić information content (AvgIpc) is 2.57. The van der Waals surface area contributed by atoms with Gasteiger partial charge in [0, 0.05) is 6.42 Å². The van der Waals surface area contributed by atoms with Crippen molar-refractivity contribution in [3.63, 3.8) is 0 Å². The maximum absolute atomic E-state index is 8.59. The molecule has 1 heteroatoms. The zero-order chi connectivity index (χ0) is 9.68. The number of nitriles is 1. The summed E-state index contributed by atoms with van der Waals surface area (Å²) in [5, 5.41) is 8.59. The molecule has 0 saturated heterocycles. The van der Waals surface area contributed by atoms with Gasteiger partial charge in [-0.1, -0.05) is 39.5 Å². The van der Waals surface area contributed by atoms with Crippen molar-refractivity contribution < 1.29 is 0 Å². The zero-order valence-electron chi connectivity index (χ0n) is 8.92. The number of hydrogen-bond acceptors (Lipinski definition) is 1. The summed E-state index contributed by atoms with van der Waals surface area (Å²) in [5.41, 5.74) is 0. The van der Waals surface area contributed by atoms with Crippen LogP contribution in [-0.4, -0.2) is 0 Å². The Bertz CT molecular complexity index is 172. The van der Waals surface area contributed by atoms with Gasteiger partial charge in [-0.25, -0.2) is 0 Å². The molecule has 1 atom stereocenters. The Balaban J connectivity index is 2.41. The molecular formula is C12H21N. The Hall–Kier alpha value is -0.510. The molecule has 1 rings (SSSR count). The van der Waals surface area contributed by atoms with E-state index < -0.39 is 0 Å². The van der Waals surface area contributed by atoms with Crippen molar-refractivity contribution >= 4 is 0 Å². The van der Waals surface area contributed by atoms with E-state index in [-0.39, 0.29) is 0 Å². The quantitative estimate of drug-likeness (QED) is 0.644. The Kier molecular flexibility index (Phi) is 4.28. The van der Waals surface area contributed by atoms with Crippen molar-refractivity contribution in [2.75, 3.05) is 0 Å². The van der Waals surface area contributed by atoms with Crippen LogP contribution in [0.2, 0.25) is 0 Å². The molecule has 0 radical (unpaired) electrons. The molecule has 1 saturated carbocycles. The largest absolute Gasteiger partial charge is 0.198 e. The van der Waals surface area contributed by atoms with Crippen LogP contribution in [0.1, 0.15) is 52.4 Å². The molecule has 0 bridgehead atoms. The summed E-state index contributed by atoms with van der Waals surface area (Å²) in [4.78, 5) is 0. The van der Waals surface area contributed by atoms with E-state index in [1.165, 1.54) is 25.7 Å². The van der Waals surface area contributed by atoms with Crippen LogP contribution >= 0.6 is 0 Å². The SMILES string of the molecule is CC(C)[C@H](CCC#N)C1CCCC1. The van der Waals surface area contributed by atoms with Crippen LogP contribution in [0.3, 0.4) is 0 Å². The molecule has 0 spiro atoms. The molecule has 1 aliphatic rings. The molecule has 13 heavy (non-hydrogen) atoms. The zero-order valence-corrected chi connectivity index (χ0v) is 8.92. The Labute approximate surface area is 82.1 Å². The fourth-order valence-corrected chi connectivity index (χ4v) is 2.73. The summed E-state index contributed by atoms with van der Waals surface area (Å²) in [7, 11) is 0. The van der Waals surface area contributed by atoms with Gasteiger partial charge in [0.15, 0.2) is 0 Å². The monoisotopic (exact) mass is 179 g/mol. The van der Waals surface area contributed by atoms with Gasteiger partial charge in [-0.15, -0.1) is 0 Å². The normalized spacial score (nSPS) is 20.5. The molecule has 0 N–H and O–H groups in total. The summed E-state index contributed by atoms with van der Waals surface area (Å²) in [6.07, 6.45) is 7.53. The minimum atomic E-state index is 0.749. The second-order valence-electron chi connectivity index (χ2n) is 4.65. The maximum Gasteiger partial charge on any atom is 0.0621 e. The summed E-state index contributed by atoms with van der Waals surface area (Å²) < 4.78 is 0. The average molecular weight is 179 g/mol. The summed E-state index contributed by atoms with van der Waals surface area (Å²) >= 11 is 0. The van der Waals surface area contributed by atoms with Gasteiger partial charge in [0.05, 0.1) is 6.07 Å². The van der Waals surface area contributed by atoms with E-state index in [0.29, 0.717) is 0 Å². The number of nitrogens with zero attached hydrogens (tertiary/aromatic N) is 1. The summed E-state index contributed by atoms with van der Waals surface area (Å²) in [5.74, 6) is 2.49. The van der Waals surface area contributed by atoms with Crippen LogP contribution in [0.5, 0.6) is 0 Å². The summed E-state index contributed by atoms with van der Waals surface area (Å²) in [6.45, 7) is 4.61. The third kappa shape index (κ3) is 3.03. The standard InChI is InChI=1S/C12H21N/c1-10(2)12(8-5-9-13)11-6-3-4-7-11/h10-12H,3-8H2,1-2H3/t12-/m0/s1. The van der Waals surface area contributed by atoms with E-state index in [2.05, 4.69) is 19.9 Å². The Morgan fingerprint density at radius 3 is 2.38 bits per heavy atom. The highest BCUT2D eigenvalue weighted by Crippen LogP contribution is 2.37. The molecule has 0 aromatic heterocycles. The van der Waals surface area contributed by atoms with E-state index in [1.807, 2.05) is 0 Å². The van der Waals surface area contributed by atoms with E-state index in [4.69, 9.17) is 5.26 Å². The van der Waals surface area contributed by atoms with E-state index in [1.54, 1.807) is 0 Å². The molecular weight excluding hydrogens is 158 g/mol. The first-order valence-electron chi connectivity index (χ1n) is 5.62. The molecule has 1 aliphatic carbocycles. The van der Waals surface area contributed by atoms with Crippen molar-refractivity contribution in [1.29, 1.82) is 5.26 Å². The fourth-order valence-electron chi connectivity index (χ4n) is 2.73. The summed E-state index contributed by atoms with van der Waals surface area (Å²) in [6, 6.07) is 2.28. The lowest BCUT2D eigenvalue weighted by molar-refractivity contribution is 0.243. The van der Waals surface area contributed by atoms with E-state index in [9.17, 15) is 0 Å². The van der Waals surface area contributed by atoms with Crippen LogP contribution in [0.25, 0.3) is 0 Å². The molecule has 0 heterocycles. The van der Waals surface area contributed by atoms with Crippen LogP contribution in [0.4, 0.5) is 0 Å². The van der Waals surface area contributed by atoms with Crippen LogP contribution in [-0.2, 0) is 0 Å². The molecule has 1 fully saturated rings. The second-order valence-corrected chi connectivity index (χ2v) is 4.65. The third-order valence-corrected chi connectivity index (χ3v) is 3.45. The van der Waals surface area contributed by atoms with E-state index >= 15 is 0 Å². The Morgan fingerprint density at radius 2 is 1.92 bits per heavy atom. The smallest absolute Gasteiger partial charge is 0.0621 e. The van der Waals surface area contributed by atoms with Gasteiger partial charge in [-0.3, -0.25) is 0 Å². The van der Waals surface area contributed by atoms with Gasteiger partial charge in [-0.05, 0) is 24.2 Å². The van der Waals surface area contributed by atoms with E-state index in [0.717, 1.165) is 30.6 Å². The molecule has 0 amide bonds. The molecule has 0 aromatic carbocycles.